The normalized spacial score (nSPS) is 12.9. The Labute approximate surface area is 231 Å². The summed E-state index contributed by atoms with van der Waals surface area (Å²) in [6.45, 7) is 9.52. The van der Waals surface area contributed by atoms with E-state index in [1.165, 1.54) is 4.57 Å². The van der Waals surface area contributed by atoms with Crippen molar-refractivity contribution >= 4 is 16.9 Å². The Morgan fingerprint density at radius 1 is 1.02 bits per heavy atom. The lowest BCUT2D eigenvalue weighted by molar-refractivity contribution is -0.136. The number of nitrogens with one attached hydrogen (secondary N) is 1. The number of pyridine rings is 1. The van der Waals surface area contributed by atoms with E-state index in [0.717, 1.165) is 5.56 Å². The average Bonchev–Trinajstić information content (AvgIpc) is 2.85. The summed E-state index contributed by atoms with van der Waals surface area (Å²) in [6.07, 6.45) is -6.98. The molecule has 0 saturated carbocycles. The second kappa shape index (κ2) is 12.7. The fourth-order valence-corrected chi connectivity index (χ4v) is 4.49. The van der Waals surface area contributed by atoms with Gasteiger partial charge in [0.2, 0.25) is 0 Å². The molecule has 0 spiro atoms. The maximum atomic E-state index is 13.8. The van der Waals surface area contributed by atoms with Crippen molar-refractivity contribution in [1.82, 2.24) is 9.88 Å². The predicted octanol–water partition coefficient (Wildman–Crippen LogP) is 7.31. The number of benzene rings is 2. The van der Waals surface area contributed by atoms with Gasteiger partial charge in [0.25, 0.3) is 5.56 Å². The van der Waals surface area contributed by atoms with E-state index >= 15 is 0 Å². The highest BCUT2D eigenvalue weighted by Crippen LogP contribution is 2.41. The first-order valence-corrected chi connectivity index (χ1v) is 13.2. The smallest absolute Gasteiger partial charge is 0.405 e. The largest absolute Gasteiger partial charge is 0.491 e. The number of fused-ring (bicyclic) bond motifs is 1. The summed E-state index contributed by atoms with van der Waals surface area (Å²) in [5.41, 5.74) is 0.131. The number of carbonyl (C=O) groups is 1. The van der Waals surface area contributed by atoms with Crippen LogP contribution in [0.1, 0.15) is 64.8 Å². The van der Waals surface area contributed by atoms with Gasteiger partial charge in [-0.25, -0.2) is 4.79 Å². The first-order chi connectivity index (χ1) is 18.7. The van der Waals surface area contributed by atoms with Crippen LogP contribution in [0.5, 0.6) is 11.5 Å². The van der Waals surface area contributed by atoms with Gasteiger partial charge in [-0.2, -0.15) is 13.2 Å². The molecule has 40 heavy (non-hydrogen) atoms. The fourth-order valence-electron chi connectivity index (χ4n) is 4.49. The molecule has 3 rings (SSSR count). The van der Waals surface area contributed by atoms with Crippen molar-refractivity contribution < 1.29 is 32.5 Å². The van der Waals surface area contributed by atoms with Crippen LogP contribution in [0.2, 0.25) is 0 Å². The molecule has 1 heterocycles. The van der Waals surface area contributed by atoms with Crippen LogP contribution in [0, 0.1) is 11.3 Å². The molecular formula is C30H37F3N2O5. The molecule has 7 nitrogen and oxygen atoms in total. The molecular weight excluding hydrogens is 525 g/mol. The van der Waals surface area contributed by atoms with Gasteiger partial charge in [-0.15, -0.1) is 0 Å². The summed E-state index contributed by atoms with van der Waals surface area (Å²) >= 11 is 0. The van der Waals surface area contributed by atoms with Crippen LogP contribution >= 0.6 is 0 Å². The van der Waals surface area contributed by atoms with Crippen LogP contribution in [0.3, 0.4) is 0 Å². The molecule has 0 aliphatic carbocycles. The number of ether oxygens (including phenoxy) is 2. The molecule has 10 heteroatoms. The number of rotatable bonds is 11. The second-order valence-electron chi connectivity index (χ2n) is 11.3. The Morgan fingerprint density at radius 3 is 2.27 bits per heavy atom. The Hall–Kier alpha value is -3.69. The number of carboxylic acid groups (broad SMARTS) is 1. The van der Waals surface area contributed by atoms with Gasteiger partial charge in [0.05, 0.1) is 23.7 Å². The van der Waals surface area contributed by atoms with Crippen molar-refractivity contribution in [3.63, 3.8) is 0 Å². The van der Waals surface area contributed by atoms with Crippen LogP contribution in [-0.4, -0.2) is 28.6 Å². The van der Waals surface area contributed by atoms with Crippen LogP contribution in [0.4, 0.5) is 18.0 Å². The van der Waals surface area contributed by atoms with Gasteiger partial charge in [-0.3, -0.25) is 4.79 Å². The maximum Gasteiger partial charge on any atom is 0.405 e. The van der Waals surface area contributed by atoms with E-state index in [2.05, 4.69) is 5.32 Å². The van der Waals surface area contributed by atoms with Crippen molar-refractivity contribution in [1.29, 1.82) is 0 Å². The summed E-state index contributed by atoms with van der Waals surface area (Å²) < 4.78 is 52.2. The molecule has 0 radical (unpaired) electrons. The lowest BCUT2D eigenvalue weighted by Gasteiger charge is -2.34. The van der Waals surface area contributed by atoms with E-state index in [9.17, 15) is 27.9 Å². The van der Waals surface area contributed by atoms with E-state index in [1.54, 1.807) is 18.2 Å². The summed E-state index contributed by atoms with van der Waals surface area (Å²) in [5.74, 6) is 0.601. The molecule has 0 bridgehead atoms. The van der Waals surface area contributed by atoms with Crippen molar-refractivity contribution in [2.75, 3.05) is 6.61 Å². The maximum absolute atomic E-state index is 13.8. The van der Waals surface area contributed by atoms with Crippen molar-refractivity contribution in [2.45, 2.75) is 72.8 Å². The molecule has 1 unspecified atom stereocenters. The molecule has 0 aliphatic rings. The van der Waals surface area contributed by atoms with Crippen LogP contribution in [0.25, 0.3) is 10.8 Å². The van der Waals surface area contributed by atoms with Crippen molar-refractivity contribution in [2.24, 2.45) is 11.3 Å². The third-order valence-electron chi connectivity index (χ3n) is 6.29. The number of halogens is 3. The molecule has 218 valence electrons. The van der Waals surface area contributed by atoms with Gasteiger partial charge < -0.3 is 24.5 Å². The molecule has 2 aromatic carbocycles. The Kier molecular flexibility index (Phi) is 9.76. The second-order valence-corrected chi connectivity index (χ2v) is 11.3. The van der Waals surface area contributed by atoms with E-state index in [1.807, 2.05) is 65.0 Å². The zero-order valence-electron chi connectivity index (χ0n) is 23.5. The molecule has 1 amide bonds. The van der Waals surface area contributed by atoms with Crippen LogP contribution in [0.15, 0.2) is 53.3 Å². The van der Waals surface area contributed by atoms with Gasteiger partial charge in [-0.05, 0) is 41.5 Å². The lowest BCUT2D eigenvalue weighted by atomic mass is 9.83. The third kappa shape index (κ3) is 8.16. The zero-order valence-corrected chi connectivity index (χ0v) is 23.5. The zero-order chi connectivity index (χ0) is 29.7. The van der Waals surface area contributed by atoms with E-state index in [-0.39, 0.29) is 49.1 Å². The van der Waals surface area contributed by atoms with Crippen molar-refractivity contribution in [3.8, 4) is 11.5 Å². The SMILES string of the molecule is CC(C)Cn1c(C(NC(=O)O)C(C)(C)C)c(OCCCC(F)(F)F)c2cc(OCc3ccccc3)ccc2c1=O. The highest BCUT2D eigenvalue weighted by atomic mass is 19.4. The lowest BCUT2D eigenvalue weighted by Crippen LogP contribution is -2.40. The molecule has 1 aromatic heterocycles. The molecule has 1 atom stereocenters. The number of amides is 1. The van der Waals surface area contributed by atoms with E-state index < -0.39 is 30.1 Å². The minimum absolute atomic E-state index is 0.00547. The van der Waals surface area contributed by atoms with Gasteiger partial charge in [0.15, 0.2) is 0 Å². The Bertz CT molecular complexity index is 1360. The fraction of sp³-hybridized carbons (Fsp3) is 0.467. The van der Waals surface area contributed by atoms with Crippen LogP contribution < -0.4 is 20.3 Å². The summed E-state index contributed by atoms with van der Waals surface area (Å²) in [6, 6.07) is 13.5. The third-order valence-corrected chi connectivity index (χ3v) is 6.29. The average molecular weight is 563 g/mol. The minimum Gasteiger partial charge on any atom is -0.491 e. The standard InChI is InChI=1S/C30H37F3N2O5/c1-19(2)17-35-24(26(29(3,4)5)34-28(37)38)25(39-15-9-14-30(31,32)33)23-16-21(12-13-22(23)27(35)36)40-18-20-10-7-6-8-11-20/h6-8,10-13,16,19,26,34H,9,14-15,17-18H2,1-5H3,(H,37,38). The van der Waals surface area contributed by atoms with Gasteiger partial charge >= 0.3 is 12.3 Å². The van der Waals surface area contributed by atoms with Gasteiger partial charge in [0, 0.05) is 18.4 Å². The highest BCUT2D eigenvalue weighted by molar-refractivity contribution is 5.90. The predicted molar refractivity (Wildman–Crippen MR) is 148 cm³/mol. The number of hydrogen-bond acceptors (Lipinski definition) is 4. The number of nitrogens with zero attached hydrogens (tertiary/aromatic N) is 1. The summed E-state index contributed by atoms with van der Waals surface area (Å²) in [7, 11) is 0. The molecule has 0 saturated heterocycles. The molecule has 2 N–H and O–H groups in total. The van der Waals surface area contributed by atoms with Gasteiger partial charge in [0.1, 0.15) is 18.1 Å². The number of hydrogen-bond donors (Lipinski definition) is 2. The van der Waals surface area contributed by atoms with Crippen molar-refractivity contribution in [3.05, 3.63) is 70.1 Å². The number of alkyl halides is 3. The minimum atomic E-state index is -4.35. The molecule has 0 aliphatic heterocycles. The first-order valence-electron chi connectivity index (χ1n) is 13.2. The molecule has 3 aromatic rings. The summed E-state index contributed by atoms with van der Waals surface area (Å²) in [4.78, 5) is 25.7. The Morgan fingerprint density at radius 2 is 1.70 bits per heavy atom. The number of aromatic nitrogens is 1. The quantitative estimate of drug-likeness (QED) is 0.239. The molecule has 0 fully saturated rings. The summed E-state index contributed by atoms with van der Waals surface area (Å²) in [5, 5.41) is 12.9. The first kappa shape index (κ1) is 30.8. The highest BCUT2D eigenvalue weighted by Gasteiger charge is 2.35. The van der Waals surface area contributed by atoms with Crippen LogP contribution in [-0.2, 0) is 13.2 Å². The monoisotopic (exact) mass is 562 g/mol. The Balaban J connectivity index is 2.24. The topological polar surface area (TPSA) is 89.8 Å². The van der Waals surface area contributed by atoms with Gasteiger partial charge in [-0.1, -0.05) is 65.0 Å². The van der Waals surface area contributed by atoms with E-state index in [0.29, 0.717) is 16.5 Å². The van der Waals surface area contributed by atoms with E-state index in [4.69, 9.17) is 9.47 Å².